The van der Waals surface area contributed by atoms with Gasteiger partial charge >= 0.3 is 0 Å². The monoisotopic (exact) mass is 326 g/mol. The number of rotatable bonds is 6. The molecule has 2 N–H and O–H groups in total. The summed E-state index contributed by atoms with van der Waals surface area (Å²) in [5, 5.41) is 13.4. The van der Waals surface area contributed by atoms with Gasteiger partial charge in [0.05, 0.1) is 6.10 Å². The molecule has 4 heteroatoms. The van der Waals surface area contributed by atoms with Crippen molar-refractivity contribution in [3.8, 4) is 0 Å². The Bertz CT molecular complexity index is 380. The lowest BCUT2D eigenvalue weighted by atomic mass is 10.1. The van der Waals surface area contributed by atoms with E-state index < -0.39 is 6.10 Å². The fourth-order valence-corrected chi connectivity index (χ4v) is 2.91. The van der Waals surface area contributed by atoms with E-state index in [-0.39, 0.29) is 0 Å². The first-order valence-electron chi connectivity index (χ1n) is 7.12. The van der Waals surface area contributed by atoms with Gasteiger partial charge in [-0.25, -0.2) is 0 Å². The molecule has 0 amide bonds. The summed E-state index contributed by atoms with van der Waals surface area (Å²) in [5.41, 5.74) is 0.958. The third kappa shape index (κ3) is 5.22. The lowest BCUT2D eigenvalue weighted by Crippen LogP contribution is -2.36. The minimum Gasteiger partial charge on any atom is -0.387 e. The fourth-order valence-electron chi connectivity index (χ4n) is 2.49. The van der Waals surface area contributed by atoms with Crippen LogP contribution in [0.1, 0.15) is 30.9 Å². The summed E-state index contributed by atoms with van der Waals surface area (Å²) in [7, 11) is 0. The maximum atomic E-state index is 10.1. The molecule has 1 unspecified atom stereocenters. The summed E-state index contributed by atoms with van der Waals surface area (Å²) in [6.45, 7) is 5.12. The number of aliphatic hydroxyl groups is 1. The molecule has 2 rings (SSSR count). The number of benzene rings is 1. The van der Waals surface area contributed by atoms with Crippen LogP contribution < -0.4 is 5.32 Å². The summed E-state index contributed by atoms with van der Waals surface area (Å²) in [6.07, 6.45) is 3.62. The Labute approximate surface area is 124 Å². The van der Waals surface area contributed by atoms with Crippen molar-refractivity contribution >= 4 is 15.9 Å². The Hall–Kier alpha value is -0.420. The molecule has 1 aliphatic heterocycles. The standard InChI is InChI=1S/C15H23BrN2O/c16-14-6-4-5-13(11-14)15(19)12-17-7-10-18-8-2-1-3-9-18/h4-6,11,15,17,19H,1-3,7-10,12H2. The molecule has 0 aliphatic carbocycles. The molecule has 0 saturated carbocycles. The van der Waals surface area contributed by atoms with Crippen molar-refractivity contribution < 1.29 is 5.11 Å². The number of halogens is 1. The van der Waals surface area contributed by atoms with E-state index in [4.69, 9.17) is 0 Å². The number of hydrogen-bond acceptors (Lipinski definition) is 3. The predicted molar refractivity (Wildman–Crippen MR) is 82.3 cm³/mol. The number of likely N-dealkylation sites (tertiary alicyclic amines) is 1. The molecule has 1 heterocycles. The van der Waals surface area contributed by atoms with Crippen LogP contribution in [0.5, 0.6) is 0 Å². The molecule has 1 aromatic carbocycles. The normalized spacial score (nSPS) is 18.4. The lowest BCUT2D eigenvalue weighted by Gasteiger charge is -2.26. The summed E-state index contributed by atoms with van der Waals surface area (Å²) >= 11 is 3.43. The summed E-state index contributed by atoms with van der Waals surface area (Å²) in [5.74, 6) is 0. The number of nitrogens with one attached hydrogen (secondary N) is 1. The minimum atomic E-state index is -0.432. The zero-order valence-electron chi connectivity index (χ0n) is 11.3. The van der Waals surface area contributed by atoms with E-state index in [0.717, 1.165) is 23.1 Å². The SMILES string of the molecule is OC(CNCCN1CCCCC1)c1cccc(Br)c1. The van der Waals surface area contributed by atoms with E-state index in [1.54, 1.807) is 0 Å². The molecule has 106 valence electrons. The van der Waals surface area contributed by atoms with E-state index in [9.17, 15) is 5.11 Å². The highest BCUT2D eigenvalue weighted by molar-refractivity contribution is 9.10. The van der Waals surface area contributed by atoms with Crippen LogP contribution in [0.3, 0.4) is 0 Å². The zero-order chi connectivity index (χ0) is 13.5. The van der Waals surface area contributed by atoms with Crippen LogP contribution in [0.25, 0.3) is 0 Å². The maximum Gasteiger partial charge on any atom is 0.0914 e. The number of hydrogen-bond donors (Lipinski definition) is 2. The second kappa shape index (κ2) is 8.00. The van der Waals surface area contributed by atoms with E-state index >= 15 is 0 Å². The fraction of sp³-hybridized carbons (Fsp3) is 0.600. The summed E-state index contributed by atoms with van der Waals surface area (Å²) in [4.78, 5) is 2.50. The van der Waals surface area contributed by atoms with Gasteiger partial charge < -0.3 is 15.3 Å². The van der Waals surface area contributed by atoms with E-state index in [1.165, 1.54) is 32.4 Å². The molecule has 0 bridgehead atoms. The second-order valence-electron chi connectivity index (χ2n) is 5.18. The number of piperidine rings is 1. The van der Waals surface area contributed by atoms with Crippen LogP contribution in [-0.4, -0.2) is 42.7 Å². The molecule has 1 aliphatic rings. The molecule has 1 fully saturated rings. The van der Waals surface area contributed by atoms with Crippen LogP contribution in [0.15, 0.2) is 28.7 Å². The Morgan fingerprint density at radius 2 is 2.05 bits per heavy atom. The molecular formula is C15H23BrN2O. The first kappa shape index (κ1) is 15.0. The zero-order valence-corrected chi connectivity index (χ0v) is 12.9. The van der Waals surface area contributed by atoms with Gasteiger partial charge in [0.25, 0.3) is 0 Å². The third-order valence-corrected chi connectivity index (χ3v) is 4.12. The maximum absolute atomic E-state index is 10.1. The van der Waals surface area contributed by atoms with E-state index in [2.05, 4.69) is 26.1 Å². The van der Waals surface area contributed by atoms with Gasteiger partial charge in [-0.15, -0.1) is 0 Å². The van der Waals surface area contributed by atoms with Gasteiger partial charge in [0.1, 0.15) is 0 Å². The van der Waals surface area contributed by atoms with Crippen molar-refractivity contribution in [3.05, 3.63) is 34.3 Å². The summed E-state index contributed by atoms with van der Waals surface area (Å²) in [6, 6.07) is 7.86. The molecule has 0 aromatic heterocycles. The van der Waals surface area contributed by atoms with Gasteiger partial charge in [0.15, 0.2) is 0 Å². The number of nitrogens with zero attached hydrogens (tertiary/aromatic N) is 1. The van der Waals surface area contributed by atoms with Crippen LogP contribution in [0.4, 0.5) is 0 Å². The largest absolute Gasteiger partial charge is 0.387 e. The van der Waals surface area contributed by atoms with Gasteiger partial charge in [0, 0.05) is 24.1 Å². The molecule has 0 radical (unpaired) electrons. The van der Waals surface area contributed by atoms with Gasteiger partial charge in [0.2, 0.25) is 0 Å². The second-order valence-corrected chi connectivity index (χ2v) is 6.09. The van der Waals surface area contributed by atoms with Crippen molar-refractivity contribution in [1.29, 1.82) is 0 Å². The quantitative estimate of drug-likeness (QED) is 0.789. The Morgan fingerprint density at radius 3 is 2.79 bits per heavy atom. The van der Waals surface area contributed by atoms with Crippen molar-refractivity contribution in [2.45, 2.75) is 25.4 Å². The number of aliphatic hydroxyl groups excluding tert-OH is 1. The van der Waals surface area contributed by atoms with Crippen molar-refractivity contribution in [2.75, 3.05) is 32.7 Å². The van der Waals surface area contributed by atoms with Gasteiger partial charge in [-0.2, -0.15) is 0 Å². The summed E-state index contributed by atoms with van der Waals surface area (Å²) < 4.78 is 1.01. The molecule has 0 spiro atoms. The van der Waals surface area contributed by atoms with Crippen LogP contribution in [0.2, 0.25) is 0 Å². The molecule has 1 atom stereocenters. The van der Waals surface area contributed by atoms with Gasteiger partial charge in [-0.3, -0.25) is 0 Å². The van der Waals surface area contributed by atoms with Crippen molar-refractivity contribution in [3.63, 3.8) is 0 Å². The highest BCUT2D eigenvalue weighted by atomic mass is 79.9. The Morgan fingerprint density at radius 1 is 1.26 bits per heavy atom. The average molecular weight is 327 g/mol. The average Bonchev–Trinajstić information content (AvgIpc) is 2.44. The molecule has 1 aromatic rings. The smallest absolute Gasteiger partial charge is 0.0914 e. The van der Waals surface area contributed by atoms with Crippen molar-refractivity contribution in [1.82, 2.24) is 10.2 Å². The van der Waals surface area contributed by atoms with Crippen LogP contribution >= 0.6 is 15.9 Å². The highest BCUT2D eigenvalue weighted by Gasteiger charge is 2.10. The van der Waals surface area contributed by atoms with Crippen molar-refractivity contribution in [2.24, 2.45) is 0 Å². The third-order valence-electron chi connectivity index (χ3n) is 3.62. The van der Waals surface area contributed by atoms with Gasteiger partial charge in [-0.1, -0.05) is 34.5 Å². The first-order valence-corrected chi connectivity index (χ1v) is 7.91. The van der Waals surface area contributed by atoms with Crippen LogP contribution in [-0.2, 0) is 0 Å². The van der Waals surface area contributed by atoms with E-state index in [0.29, 0.717) is 6.54 Å². The first-order chi connectivity index (χ1) is 9.25. The van der Waals surface area contributed by atoms with E-state index in [1.807, 2.05) is 24.3 Å². The minimum absolute atomic E-state index is 0.432. The van der Waals surface area contributed by atoms with Crippen LogP contribution in [0, 0.1) is 0 Å². The van der Waals surface area contributed by atoms with Gasteiger partial charge in [-0.05, 0) is 43.6 Å². The molecular weight excluding hydrogens is 304 g/mol. The molecule has 3 nitrogen and oxygen atoms in total. The predicted octanol–water partition coefficient (Wildman–Crippen LogP) is 2.56. The molecule has 1 saturated heterocycles. The molecule has 19 heavy (non-hydrogen) atoms. The Kier molecular flexibility index (Phi) is 6.31. The highest BCUT2D eigenvalue weighted by Crippen LogP contribution is 2.17. The Balaban J connectivity index is 1.64. The lowest BCUT2D eigenvalue weighted by molar-refractivity contribution is 0.169. The topological polar surface area (TPSA) is 35.5 Å².